The van der Waals surface area contributed by atoms with Gasteiger partial charge in [-0.05, 0) is 49.6 Å². The molecule has 6 nitrogen and oxygen atoms in total. The topological polar surface area (TPSA) is 75.7 Å². The van der Waals surface area contributed by atoms with Gasteiger partial charge in [-0.1, -0.05) is 6.07 Å². The summed E-state index contributed by atoms with van der Waals surface area (Å²) in [7, 11) is 1.59. The molecule has 0 spiro atoms. The van der Waals surface area contributed by atoms with Crippen molar-refractivity contribution in [3.63, 3.8) is 0 Å². The van der Waals surface area contributed by atoms with Crippen molar-refractivity contribution >= 4 is 45.5 Å². The van der Waals surface area contributed by atoms with Gasteiger partial charge in [-0.15, -0.1) is 22.7 Å². The highest BCUT2D eigenvalue weighted by molar-refractivity contribution is 7.17. The molecular weight excluding hydrogens is 384 g/mol. The Kier molecular flexibility index (Phi) is 6.28. The number of esters is 1. The molecule has 2 aromatic heterocycles. The van der Waals surface area contributed by atoms with Gasteiger partial charge in [-0.25, -0.2) is 4.79 Å². The lowest BCUT2D eigenvalue weighted by Crippen LogP contribution is -2.34. The van der Waals surface area contributed by atoms with Gasteiger partial charge >= 0.3 is 5.97 Å². The highest BCUT2D eigenvalue weighted by Gasteiger charge is 2.27. The maximum atomic E-state index is 12.5. The minimum atomic E-state index is -0.393. The van der Waals surface area contributed by atoms with Crippen LogP contribution in [0.1, 0.15) is 50.2 Å². The number of carbonyl (C=O) groups is 3. The summed E-state index contributed by atoms with van der Waals surface area (Å²) in [5, 5.41) is 5.18. The molecule has 0 unspecified atom stereocenters. The van der Waals surface area contributed by atoms with Crippen molar-refractivity contribution in [2.45, 2.75) is 32.6 Å². The molecule has 144 valence electrons. The predicted molar refractivity (Wildman–Crippen MR) is 107 cm³/mol. The van der Waals surface area contributed by atoms with Crippen LogP contribution in [0.5, 0.6) is 0 Å². The Hall–Kier alpha value is -2.19. The lowest BCUT2D eigenvalue weighted by molar-refractivity contribution is -0.116. The summed E-state index contributed by atoms with van der Waals surface area (Å²) < 4.78 is 5.20. The number of aryl methyl sites for hydroxylation is 1. The van der Waals surface area contributed by atoms with Gasteiger partial charge in [0.1, 0.15) is 5.00 Å². The summed E-state index contributed by atoms with van der Waals surface area (Å²) in [6.45, 7) is 1.97. The third kappa shape index (κ3) is 4.39. The SMILES string of the molecule is CCOC(=O)c1c(NC(=O)CN(C)C(=O)c2cccs2)sc2c1CCCC2. The number of likely N-dealkylation sites (N-methyl/N-ethyl adjacent to an activating group) is 1. The van der Waals surface area contributed by atoms with Crippen LogP contribution >= 0.6 is 22.7 Å². The molecule has 0 saturated heterocycles. The highest BCUT2D eigenvalue weighted by Crippen LogP contribution is 2.38. The maximum Gasteiger partial charge on any atom is 0.341 e. The zero-order chi connectivity index (χ0) is 19.4. The molecule has 1 aliphatic rings. The molecule has 2 aromatic rings. The average Bonchev–Trinajstić information content (AvgIpc) is 3.28. The fourth-order valence-electron chi connectivity index (χ4n) is 3.11. The number of hydrogen-bond acceptors (Lipinski definition) is 6. The number of ether oxygens (including phenoxy) is 1. The van der Waals surface area contributed by atoms with E-state index in [0.717, 1.165) is 36.1 Å². The van der Waals surface area contributed by atoms with Crippen molar-refractivity contribution in [3.05, 3.63) is 38.4 Å². The monoisotopic (exact) mass is 406 g/mol. The van der Waals surface area contributed by atoms with E-state index in [-0.39, 0.29) is 25.0 Å². The van der Waals surface area contributed by atoms with Crippen LogP contribution in [0.3, 0.4) is 0 Å². The molecular formula is C19H22N2O4S2. The van der Waals surface area contributed by atoms with Gasteiger partial charge in [0.05, 0.1) is 23.6 Å². The van der Waals surface area contributed by atoms with Gasteiger partial charge in [-0.3, -0.25) is 9.59 Å². The number of nitrogens with zero attached hydrogens (tertiary/aromatic N) is 1. The molecule has 3 rings (SSSR count). The van der Waals surface area contributed by atoms with Crippen molar-refractivity contribution in [3.8, 4) is 0 Å². The Morgan fingerprint density at radius 1 is 1.26 bits per heavy atom. The summed E-state index contributed by atoms with van der Waals surface area (Å²) >= 11 is 2.78. The Bertz CT molecular complexity index is 842. The lowest BCUT2D eigenvalue weighted by atomic mass is 9.95. The fraction of sp³-hybridized carbons (Fsp3) is 0.421. The van der Waals surface area contributed by atoms with Gasteiger partial charge < -0.3 is 15.0 Å². The number of hydrogen-bond donors (Lipinski definition) is 1. The molecule has 8 heteroatoms. The van der Waals surface area contributed by atoms with E-state index in [1.54, 1.807) is 26.1 Å². The van der Waals surface area contributed by atoms with Crippen LogP contribution in [0.25, 0.3) is 0 Å². The van der Waals surface area contributed by atoms with E-state index in [0.29, 0.717) is 15.4 Å². The molecule has 0 radical (unpaired) electrons. The highest BCUT2D eigenvalue weighted by atomic mass is 32.1. The number of rotatable bonds is 6. The van der Waals surface area contributed by atoms with E-state index in [1.807, 2.05) is 5.38 Å². The Morgan fingerprint density at radius 2 is 2.04 bits per heavy atom. The van der Waals surface area contributed by atoms with Crippen LogP contribution in [0.2, 0.25) is 0 Å². The van der Waals surface area contributed by atoms with Crippen LogP contribution in [0.4, 0.5) is 5.00 Å². The quantitative estimate of drug-likeness (QED) is 0.744. The van der Waals surface area contributed by atoms with Crippen molar-refractivity contribution in [1.82, 2.24) is 4.90 Å². The van der Waals surface area contributed by atoms with Gasteiger partial charge in [-0.2, -0.15) is 0 Å². The number of anilines is 1. The number of carbonyl (C=O) groups excluding carboxylic acids is 3. The normalized spacial score (nSPS) is 13.0. The lowest BCUT2D eigenvalue weighted by Gasteiger charge is -2.16. The van der Waals surface area contributed by atoms with E-state index in [9.17, 15) is 14.4 Å². The molecule has 2 amide bonds. The molecule has 1 N–H and O–H groups in total. The zero-order valence-corrected chi connectivity index (χ0v) is 17.0. The van der Waals surface area contributed by atoms with Crippen LogP contribution in [0, 0.1) is 0 Å². The van der Waals surface area contributed by atoms with Crippen LogP contribution < -0.4 is 5.32 Å². The summed E-state index contributed by atoms with van der Waals surface area (Å²) in [6.07, 6.45) is 3.86. The second-order valence-electron chi connectivity index (χ2n) is 6.32. The molecule has 0 aromatic carbocycles. The number of fused-ring (bicyclic) bond motifs is 1. The first kappa shape index (κ1) is 19.6. The summed E-state index contributed by atoms with van der Waals surface area (Å²) in [4.78, 5) is 40.3. The average molecular weight is 407 g/mol. The van der Waals surface area contributed by atoms with Gasteiger partial charge in [0.15, 0.2) is 0 Å². The van der Waals surface area contributed by atoms with Crippen molar-refractivity contribution in [2.24, 2.45) is 0 Å². The summed E-state index contributed by atoms with van der Waals surface area (Å²) in [5.74, 6) is -0.919. The van der Waals surface area contributed by atoms with Gasteiger partial charge in [0.25, 0.3) is 5.91 Å². The van der Waals surface area contributed by atoms with Crippen molar-refractivity contribution in [2.75, 3.05) is 25.5 Å². The van der Waals surface area contributed by atoms with Crippen molar-refractivity contribution < 1.29 is 19.1 Å². The van der Waals surface area contributed by atoms with E-state index < -0.39 is 5.97 Å². The van der Waals surface area contributed by atoms with E-state index in [1.165, 1.54) is 27.6 Å². The van der Waals surface area contributed by atoms with Crippen LogP contribution in [-0.4, -0.2) is 42.9 Å². The third-order valence-electron chi connectivity index (χ3n) is 4.36. The first-order valence-corrected chi connectivity index (χ1v) is 10.6. The standard InChI is InChI=1S/C19H22N2O4S2/c1-3-25-19(24)16-12-7-4-5-8-13(12)27-17(16)20-15(22)11-21(2)18(23)14-9-6-10-26-14/h6,9-10H,3-5,7-8,11H2,1-2H3,(H,20,22). The van der Waals surface area contributed by atoms with Crippen molar-refractivity contribution in [1.29, 1.82) is 0 Å². The summed E-state index contributed by atoms with van der Waals surface area (Å²) in [5.41, 5.74) is 1.49. The van der Waals surface area contributed by atoms with Gasteiger partial charge in [0.2, 0.25) is 5.91 Å². The molecule has 0 atom stereocenters. The maximum absolute atomic E-state index is 12.5. The molecule has 27 heavy (non-hydrogen) atoms. The minimum absolute atomic E-state index is 0.0818. The summed E-state index contributed by atoms with van der Waals surface area (Å²) in [6, 6.07) is 3.53. The van der Waals surface area contributed by atoms with Crippen LogP contribution in [0.15, 0.2) is 17.5 Å². The Morgan fingerprint density at radius 3 is 2.74 bits per heavy atom. The van der Waals surface area contributed by atoms with E-state index >= 15 is 0 Å². The number of nitrogens with one attached hydrogen (secondary N) is 1. The molecule has 2 heterocycles. The number of amides is 2. The second-order valence-corrected chi connectivity index (χ2v) is 8.38. The molecule has 0 aliphatic heterocycles. The fourth-order valence-corrected chi connectivity index (χ4v) is 5.13. The van der Waals surface area contributed by atoms with Crippen LogP contribution in [-0.2, 0) is 22.4 Å². The van der Waals surface area contributed by atoms with E-state index in [2.05, 4.69) is 5.32 Å². The molecule has 0 bridgehead atoms. The predicted octanol–water partition coefficient (Wildman–Crippen LogP) is 3.58. The Balaban J connectivity index is 1.74. The number of thiophene rings is 2. The first-order chi connectivity index (χ1) is 13.0. The minimum Gasteiger partial charge on any atom is -0.462 e. The molecule has 1 aliphatic carbocycles. The molecule has 0 saturated carbocycles. The second kappa shape index (κ2) is 8.67. The smallest absolute Gasteiger partial charge is 0.341 e. The van der Waals surface area contributed by atoms with Gasteiger partial charge in [0, 0.05) is 11.9 Å². The molecule has 0 fully saturated rings. The first-order valence-electron chi connectivity index (χ1n) is 8.91. The largest absolute Gasteiger partial charge is 0.462 e. The van der Waals surface area contributed by atoms with E-state index in [4.69, 9.17) is 4.74 Å². The third-order valence-corrected chi connectivity index (χ3v) is 6.43. The Labute approximate surface area is 166 Å². The zero-order valence-electron chi connectivity index (χ0n) is 15.4.